The molecule has 1 aromatic carbocycles. The second-order valence-electron chi connectivity index (χ2n) is 6.16. The van der Waals surface area contributed by atoms with Crippen LogP contribution < -0.4 is 5.73 Å². The molecule has 2 N–H and O–H groups in total. The molecule has 3 nitrogen and oxygen atoms in total. The molecular formula is C17H24N2O. The average Bonchev–Trinajstić information content (AvgIpc) is 2.53. The standard InChI is InChI=1S/C17H24N2O/c18-12-13-5-3-7-15(11-13)17(20)19-10-4-8-14-6-1-2-9-16(14)19/h3,5,7,11,14,16H,1-2,4,6,8-10,12,18H2/t14-,16-/m1/s1. The average molecular weight is 272 g/mol. The highest BCUT2D eigenvalue weighted by Gasteiger charge is 2.35. The molecule has 2 aliphatic rings. The van der Waals surface area contributed by atoms with Gasteiger partial charge in [0.2, 0.25) is 0 Å². The molecule has 0 bridgehead atoms. The maximum Gasteiger partial charge on any atom is 0.254 e. The van der Waals surface area contributed by atoms with E-state index in [2.05, 4.69) is 4.90 Å². The van der Waals surface area contributed by atoms with Crippen molar-refractivity contribution in [2.45, 2.75) is 51.1 Å². The molecule has 1 heterocycles. The first-order valence-electron chi connectivity index (χ1n) is 7.89. The van der Waals surface area contributed by atoms with Gasteiger partial charge in [-0.05, 0) is 49.3 Å². The maximum absolute atomic E-state index is 12.8. The van der Waals surface area contributed by atoms with E-state index in [4.69, 9.17) is 5.73 Å². The smallest absolute Gasteiger partial charge is 0.254 e. The summed E-state index contributed by atoms with van der Waals surface area (Å²) in [5.41, 5.74) is 7.52. The molecule has 3 rings (SSSR count). The summed E-state index contributed by atoms with van der Waals surface area (Å²) in [5, 5.41) is 0. The fraction of sp³-hybridized carbons (Fsp3) is 0.588. The number of nitrogens with zero attached hydrogens (tertiary/aromatic N) is 1. The Kier molecular flexibility index (Phi) is 4.06. The summed E-state index contributed by atoms with van der Waals surface area (Å²) in [6, 6.07) is 8.28. The van der Waals surface area contributed by atoms with Crippen molar-refractivity contribution in [3.05, 3.63) is 35.4 Å². The zero-order valence-electron chi connectivity index (χ0n) is 12.1. The summed E-state index contributed by atoms with van der Waals surface area (Å²) in [6.07, 6.45) is 7.56. The van der Waals surface area contributed by atoms with Crippen LogP contribution in [0.5, 0.6) is 0 Å². The second kappa shape index (κ2) is 5.96. The number of hydrogen-bond donors (Lipinski definition) is 1. The number of likely N-dealkylation sites (tertiary alicyclic amines) is 1. The molecular weight excluding hydrogens is 248 g/mol. The minimum Gasteiger partial charge on any atom is -0.335 e. The monoisotopic (exact) mass is 272 g/mol. The number of benzene rings is 1. The number of fused-ring (bicyclic) bond motifs is 1. The number of hydrogen-bond acceptors (Lipinski definition) is 2. The van der Waals surface area contributed by atoms with Crippen LogP contribution >= 0.6 is 0 Å². The van der Waals surface area contributed by atoms with E-state index < -0.39 is 0 Å². The highest BCUT2D eigenvalue weighted by Crippen LogP contribution is 2.35. The number of rotatable bonds is 2. The predicted molar refractivity (Wildman–Crippen MR) is 80.3 cm³/mol. The van der Waals surface area contributed by atoms with Crippen LogP contribution in [0.2, 0.25) is 0 Å². The lowest BCUT2D eigenvalue weighted by atomic mass is 9.78. The van der Waals surface area contributed by atoms with Crippen molar-refractivity contribution < 1.29 is 4.79 Å². The molecule has 2 fully saturated rings. The fourth-order valence-electron chi connectivity index (χ4n) is 3.87. The summed E-state index contributed by atoms with van der Waals surface area (Å²) in [5.74, 6) is 0.941. The third-order valence-corrected chi connectivity index (χ3v) is 4.91. The number of piperidine rings is 1. The molecule has 1 saturated heterocycles. The number of amides is 1. The molecule has 1 aliphatic carbocycles. The van der Waals surface area contributed by atoms with E-state index in [-0.39, 0.29) is 5.91 Å². The van der Waals surface area contributed by atoms with Gasteiger partial charge in [-0.2, -0.15) is 0 Å². The van der Waals surface area contributed by atoms with Gasteiger partial charge in [0.05, 0.1) is 0 Å². The quantitative estimate of drug-likeness (QED) is 0.899. The van der Waals surface area contributed by atoms with Gasteiger partial charge in [0, 0.05) is 24.7 Å². The summed E-state index contributed by atoms with van der Waals surface area (Å²) in [7, 11) is 0. The van der Waals surface area contributed by atoms with E-state index in [0.717, 1.165) is 30.0 Å². The van der Waals surface area contributed by atoms with Crippen LogP contribution in [0.3, 0.4) is 0 Å². The molecule has 20 heavy (non-hydrogen) atoms. The van der Waals surface area contributed by atoms with Gasteiger partial charge < -0.3 is 10.6 Å². The third kappa shape index (κ3) is 2.59. The van der Waals surface area contributed by atoms with E-state index in [1.54, 1.807) is 0 Å². The van der Waals surface area contributed by atoms with Gasteiger partial charge >= 0.3 is 0 Å². The van der Waals surface area contributed by atoms with E-state index in [0.29, 0.717) is 12.6 Å². The first-order chi connectivity index (χ1) is 9.79. The van der Waals surface area contributed by atoms with Gasteiger partial charge in [0.15, 0.2) is 0 Å². The molecule has 0 spiro atoms. The molecule has 3 heteroatoms. The van der Waals surface area contributed by atoms with Crippen LogP contribution in [0.25, 0.3) is 0 Å². The number of carbonyl (C=O) groups is 1. The van der Waals surface area contributed by atoms with Crippen molar-refractivity contribution in [3.63, 3.8) is 0 Å². The zero-order chi connectivity index (χ0) is 13.9. The summed E-state index contributed by atoms with van der Waals surface area (Å²) >= 11 is 0. The minimum absolute atomic E-state index is 0.205. The maximum atomic E-state index is 12.8. The lowest BCUT2D eigenvalue weighted by Crippen LogP contribution is -2.49. The van der Waals surface area contributed by atoms with Crippen molar-refractivity contribution in [3.8, 4) is 0 Å². The van der Waals surface area contributed by atoms with E-state index >= 15 is 0 Å². The molecule has 108 valence electrons. The Morgan fingerprint density at radius 1 is 1.20 bits per heavy atom. The number of carbonyl (C=O) groups excluding carboxylic acids is 1. The van der Waals surface area contributed by atoms with Crippen LogP contribution in [0.15, 0.2) is 24.3 Å². The normalized spacial score (nSPS) is 26.1. The van der Waals surface area contributed by atoms with Crippen molar-refractivity contribution in [1.29, 1.82) is 0 Å². The molecule has 0 unspecified atom stereocenters. The summed E-state index contributed by atoms with van der Waals surface area (Å²) in [4.78, 5) is 14.9. The van der Waals surface area contributed by atoms with Gasteiger partial charge in [0.25, 0.3) is 5.91 Å². The highest BCUT2D eigenvalue weighted by molar-refractivity contribution is 5.94. The van der Waals surface area contributed by atoms with Crippen molar-refractivity contribution in [2.24, 2.45) is 11.7 Å². The summed E-state index contributed by atoms with van der Waals surface area (Å²) < 4.78 is 0. The molecule has 2 atom stereocenters. The minimum atomic E-state index is 0.205. The fourth-order valence-corrected chi connectivity index (χ4v) is 3.87. The van der Waals surface area contributed by atoms with Crippen LogP contribution in [0.4, 0.5) is 0 Å². The molecule has 0 radical (unpaired) electrons. The van der Waals surface area contributed by atoms with E-state index in [1.807, 2.05) is 24.3 Å². The molecule has 1 amide bonds. The first kappa shape index (κ1) is 13.6. The van der Waals surface area contributed by atoms with Gasteiger partial charge in [-0.25, -0.2) is 0 Å². The molecule has 1 aromatic rings. The Morgan fingerprint density at radius 3 is 2.85 bits per heavy atom. The van der Waals surface area contributed by atoms with Crippen LogP contribution in [-0.4, -0.2) is 23.4 Å². The Balaban J connectivity index is 1.81. The van der Waals surface area contributed by atoms with Crippen molar-refractivity contribution >= 4 is 5.91 Å². The SMILES string of the molecule is NCc1cccc(C(=O)N2CCC[C@H]3CCCC[C@H]32)c1. The largest absolute Gasteiger partial charge is 0.335 e. The third-order valence-electron chi connectivity index (χ3n) is 4.91. The topological polar surface area (TPSA) is 46.3 Å². The van der Waals surface area contributed by atoms with Crippen molar-refractivity contribution in [1.82, 2.24) is 4.90 Å². The predicted octanol–water partition coefficient (Wildman–Crippen LogP) is 2.94. The first-order valence-corrected chi connectivity index (χ1v) is 7.89. The van der Waals surface area contributed by atoms with E-state index in [9.17, 15) is 4.79 Å². The van der Waals surface area contributed by atoms with Gasteiger partial charge in [-0.15, -0.1) is 0 Å². The molecule has 1 aliphatic heterocycles. The van der Waals surface area contributed by atoms with Crippen LogP contribution in [-0.2, 0) is 6.54 Å². The molecule has 0 aromatic heterocycles. The van der Waals surface area contributed by atoms with Crippen molar-refractivity contribution in [2.75, 3.05) is 6.54 Å². The Labute approximate surface area is 121 Å². The van der Waals surface area contributed by atoms with Crippen LogP contribution in [0.1, 0.15) is 54.4 Å². The lowest BCUT2D eigenvalue weighted by Gasteiger charge is -2.44. The van der Waals surface area contributed by atoms with Gasteiger partial charge in [0.1, 0.15) is 0 Å². The van der Waals surface area contributed by atoms with Gasteiger partial charge in [-0.1, -0.05) is 25.0 Å². The van der Waals surface area contributed by atoms with Gasteiger partial charge in [-0.3, -0.25) is 4.79 Å². The summed E-state index contributed by atoms with van der Waals surface area (Å²) in [6.45, 7) is 1.42. The Hall–Kier alpha value is -1.35. The zero-order valence-corrected chi connectivity index (χ0v) is 12.1. The Morgan fingerprint density at radius 2 is 2.00 bits per heavy atom. The van der Waals surface area contributed by atoms with Crippen LogP contribution in [0, 0.1) is 5.92 Å². The lowest BCUT2D eigenvalue weighted by molar-refractivity contribution is 0.0390. The highest BCUT2D eigenvalue weighted by atomic mass is 16.2. The Bertz CT molecular complexity index is 484. The van der Waals surface area contributed by atoms with E-state index in [1.165, 1.54) is 32.1 Å². The molecule has 1 saturated carbocycles. The number of nitrogens with two attached hydrogens (primary N) is 1. The second-order valence-corrected chi connectivity index (χ2v) is 6.16.